The fourth-order valence-corrected chi connectivity index (χ4v) is 2.33. The number of methoxy groups -OCH3 is 1. The Hall–Kier alpha value is -1.97. The summed E-state index contributed by atoms with van der Waals surface area (Å²) < 4.78 is 11.4. The zero-order valence-corrected chi connectivity index (χ0v) is 13.4. The minimum Gasteiger partial charge on any atom is -0.493 e. The van der Waals surface area contributed by atoms with Crippen LogP contribution < -0.4 is 14.8 Å². The van der Waals surface area contributed by atoms with Crippen LogP contribution in [0, 0.1) is 0 Å². The average molecular weight is 318 g/mol. The van der Waals surface area contributed by atoms with Gasteiger partial charge < -0.3 is 14.8 Å². The maximum Gasteiger partial charge on any atom is 0.166 e. The predicted molar refractivity (Wildman–Crippen MR) is 90.7 cm³/mol. The van der Waals surface area contributed by atoms with Crippen molar-refractivity contribution < 1.29 is 9.47 Å². The molecule has 0 radical (unpaired) electrons. The number of rotatable bonds is 8. The lowest BCUT2D eigenvalue weighted by Gasteiger charge is -2.15. The van der Waals surface area contributed by atoms with Crippen LogP contribution in [0.5, 0.6) is 11.5 Å². The monoisotopic (exact) mass is 317 g/mol. The Morgan fingerprint density at radius 2 is 2.05 bits per heavy atom. The van der Waals surface area contributed by atoms with Crippen molar-refractivity contribution in [3.63, 3.8) is 0 Å². The highest BCUT2D eigenvalue weighted by Crippen LogP contribution is 2.32. The SMILES string of the molecule is C=CCNCc1cccc(OC)c1OCc1cccc(Cl)c1. The Labute approximate surface area is 136 Å². The first kappa shape index (κ1) is 16.4. The Kier molecular flexibility index (Phi) is 6.31. The van der Waals surface area contributed by atoms with Gasteiger partial charge in [-0.3, -0.25) is 0 Å². The van der Waals surface area contributed by atoms with Crippen LogP contribution >= 0.6 is 11.6 Å². The van der Waals surface area contributed by atoms with Crippen LogP contribution in [0.15, 0.2) is 55.1 Å². The molecule has 0 atom stereocenters. The van der Waals surface area contributed by atoms with Crippen LogP contribution in [0.1, 0.15) is 11.1 Å². The highest BCUT2D eigenvalue weighted by Gasteiger charge is 2.10. The van der Waals surface area contributed by atoms with Gasteiger partial charge in [-0.05, 0) is 23.8 Å². The standard InChI is InChI=1S/C18H20ClNO2/c1-3-10-20-12-15-7-5-9-17(21-2)18(15)22-13-14-6-4-8-16(19)11-14/h3-9,11,20H,1,10,12-13H2,2H3. The van der Waals surface area contributed by atoms with Crippen molar-refractivity contribution in [2.45, 2.75) is 13.2 Å². The Morgan fingerprint density at radius 1 is 1.23 bits per heavy atom. The van der Waals surface area contributed by atoms with Gasteiger partial charge in [-0.25, -0.2) is 0 Å². The lowest BCUT2D eigenvalue weighted by molar-refractivity contribution is 0.281. The molecule has 0 fully saturated rings. The van der Waals surface area contributed by atoms with E-state index in [1.165, 1.54) is 0 Å². The molecule has 0 heterocycles. The molecular formula is C18H20ClNO2. The Morgan fingerprint density at radius 3 is 2.77 bits per heavy atom. The van der Waals surface area contributed by atoms with E-state index in [1.54, 1.807) is 7.11 Å². The molecule has 0 spiro atoms. The van der Waals surface area contributed by atoms with E-state index in [-0.39, 0.29) is 0 Å². The fraction of sp³-hybridized carbons (Fsp3) is 0.222. The van der Waals surface area contributed by atoms with Crippen molar-refractivity contribution in [2.24, 2.45) is 0 Å². The molecule has 0 unspecified atom stereocenters. The molecule has 1 N–H and O–H groups in total. The summed E-state index contributed by atoms with van der Waals surface area (Å²) >= 11 is 6.00. The van der Waals surface area contributed by atoms with E-state index in [2.05, 4.69) is 11.9 Å². The van der Waals surface area contributed by atoms with Gasteiger partial charge in [0.1, 0.15) is 6.61 Å². The minimum absolute atomic E-state index is 0.440. The number of para-hydroxylation sites is 1. The topological polar surface area (TPSA) is 30.5 Å². The van der Waals surface area contributed by atoms with Gasteiger partial charge in [0.2, 0.25) is 0 Å². The first-order chi connectivity index (χ1) is 10.7. The van der Waals surface area contributed by atoms with Crippen molar-refractivity contribution in [3.8, 4) is 11.5 Å². The number of benzene rings is 2. The zero-order valence-electron chi connectivity index (χ0n) is 12.6. The molecule has 2 aromatic rings. The van der Waals surface area contributed by atoms with Gasteiger partial charge in [0.15, 0.2) is 11.5 Å². The largest absolute Gasteiger partial charge is 0.493 e. The zero-order chi connectivity index (χ0) is 15.8. The van der Waals surface area contributed by atoms with Gasteiger partial charge >= 0.3 is 0 Å². The van der Waals surface area contributed by atoms with E-state index in [0.717, 1.165) is 29.2 Å². The Bertz CT molecular complexity index is 628. The summed E-state index contributed by atoms with van der Waals surface area (Å²) in [6, 6.07) is 13.5. The molecule has 0 aliphatic rings. The fourth-order valence-electron chi connectivity index (χ4n) is 2.12. The van der Waals surface area contributed by atoms with Crippen molar-refractivity contribution >= 4 is 11.6 Å². The van der Waals surface area contributed by atoms with E-state index in [9.17, 15) is 0 Å². The summed E-state index contributed by atoms with van der Waals surface area (Å²) in [7, 11) is 1.64. The quantitative estimate of drug-likeness (QED) is 0.584. The van der Waals surface area contributed by atoms with Gasteiger partial charge in [-0.2, -0.15) is 0 Å². The highest BCUT2D eigenvalue weighted by atomic mass is 35.5. The number of halogens is 1. The molecule has 0 saturated carbocycles. The molecule has 0 aromatic heterocycles. The summed E-state index contributed by atoms with van der Waals surface area (Å²) in [6.07, 6.45) is 1.83. The van der Waals surface area contributed by atoms with Crippen molar-refractivity contribution in [3.05, 3.63) is 71.3 Å². The second-order valence-corrected chi connectivity index (χ2v) is 5.22. The maximum absolute atomic E-state index is 6.00. The van der Waals surface area contributed by atoms with Crippen LogP contribution in [0.25, 0.3) is 0 Å². The van der Waals surface area contributed by atoms with Crippen LogP contribution in [0.3, 0.4) is 0 Å². The number of hydrogen-bond acceptors (Lipinski definition) is 3. The van der Waals surface area contributed by atoms with E-state index in [0.29, 0.717) is 18.2 Å². The normalized spacial score (nSPS) is 10.3. The van der Waals surface area contributed by atoms with Crippen LogP contribution in [0.4, 0.5) is 0 Å². The number of nitrogens with one attached hydrogen (secondary N) is 1. The summed E-state index contributed by atoms with van der Waals surface area (Å²) in [4.78, 5) is 0. The molecule has 4 heteroatoms. The second-order valence-electron chi connectivity index (χ2n) is 4.79. The van der Waals surface area contributed by atoms with Gasteiger partial charge in [-0.1, -0.05) is 41.9 Å². The van der Waals surface area contributed by atoms with Gasteiger partial charge in [0, 0.05) is 23.7 Å². The molecule has 0 aliphatic heterocycles. The van der Waals surface area contributed by atoms with Gasteiger partial charge in [0.25, 0.3) is 0 Å². The van der Waals surface area contributed by atoms with E-state index >= 15 is 0 Å². The van der Waals surface area contributed by atoms with E-state index < -0.39 is 0 Å². The maximum atomic E-state index is 6.00. The second kappa shape index (κ2) is 8.47. The average Bonchev–Trinajstić information content (AvgIpc) is 2.53. The molecule has 3 nitrogen and oxygen atoms in total. The summed E-state index contributed by atoms with van der Waals surface area (Å²) in [6.45, 7) is 5.57. The van der Waals surface area contributed by atoms with Gasteiger partial charge in [-0.15, -0.1) is 6.58 Å². The molecule has 22 heavy (non-hydrogen) atoms. The minimum atomic E-state index is 0.440. The molecule has 2 rings (SSSR count). The smallest absolute Gasteiger partial charge is 0.166 e. The molecule has 0 aliphatic carbocycles. The summed E-state index contributed by atoms with van der Waals surface area (Å²) in [5, 5.41) is 3.98. The third-order valence-electron chi connectivity index (χ3n) is 3.16. The molecule has 0 saturated heterocycles. The number of hydrogen-bond donors (Lipinski definition) is 1. The van der Waals surface area contributed by atoms with Crippen molar-refractivity contribution in [2.75, 3.05) is 13.7 Å². The molecule has 116 valence electrons. The molecule has 0 bridgehead atoms. The van der Waals surface area contributed by atoms with Gasteiger partial charge in [0.05, 0.1) is 7.11 Å². The van der Waals surface area contributed by atoms with Crippen molar-refractivity contribution in [1.82, 2.24) is 5.32 Å². The van der Waals surface area contributed by atoms with E-state index in [4.69, 9.17) is 21.1 Å². The van der Waals surface area contributed by atoms with Crippen molar-refractivity contribution in [1.29, 1.82) is 0 Å². The molecule has 2 aromatic carbocycles. The summed E-state index contributed by atoms with van der Waals surface area (Å²) in [5.74, 6) is 1.47. The van der Waals surface area contributed by atoms with Crippen LogP contribution in [0.2, 0.25) is 5.02 Å². The third kappa shape index (κ3) is 4.52. The first-order valence-electron chi connectivity index (χ1n) is 7.09. The highest BCUT2D eigenvalue weighted by molar-refractivity contribution is 6.30. The first-order valence-corrected chi connectivity index (χ1v) is 7.47. The number of ether oxygens (including phenoxy) is 2. The van der Waals surface area contributed by atoms with Crippen LogP contribution in [-0.4, -0.2) is 13.7 Å². The molecule has 0 amide bonds. The lowest BCUT2D eigenvalue weighted by Crippen LogP contribution is -2.14. The predicted octanol–water partition coefficient (Wildman–Crippen LogP) is 4.20. The summed E-state index contributed by atoms with van der Waals surface area (Å²) in [5.41, 5.74) is 2.06. The lowest BCUT2D eigenvalue weighted by atomic mass is 10.1. The molecular weight excluding hydrogens is 298 g/mol. The van der Waals surface area contributed by atoms with Crippen LogP contribution in [-0.2, 0) is 13.2 Å². The third-order valence-corrected chi connectivity index (χ3v) is 3.39. The van der Waals surface area contributed by atoms with E-state index in [1.807, 2.05) is 48.5 Å². The Balaban J connectivity index is 2.14.